The van der Waals surface area contributed by atoms with Crippen LogP contribution in [-0.2, 0) is 0 Å². The highest BCUT2D eigenvalue weighted by molar-refractivity contribution is 5.95. The van der Waals surface area contributed by atoms with E-state index in [-0.39, 0.29) is 5.78 Å². The van der Waals surface area contributed by atoms with E-state index >= 15 is 0 Å². The number of carbonyl (C=O) groups is 1. The highest BCUT2D eigenvalue weighted by Gasteiger charge is 2.22. The molecule has 6 heteroatoms. The molecule has 1 fully saturated rings. The molecule has 0 saturated heterocycles. The van der Waals surface area contributed by atoms with Gasteiger partial charge in [0.05, 0.1) is 6.20 Å². The van der Waals surface area contributed by atoms with Gasteiger partial charge in [-0.2, -0.15) is 10.1 Å². The summed E-state index contributed by atoms with van der Waals surface area (Å²) in [6.45, 7) is 1.54. The average molecular weight is 269 g/mol. The molecule has 102 valence electrons. The van der Waals surface area contributed by atoms with Crippen LogP contribution in [0.2, 0.25) is 0 Å². The molecule has 0 atom stereocenters. The zero-order chi connectivity index (χ0) is 13.9. The maximum absolute atomic E-state index is 11.4. The Morgan fingerprint density at radius 1 is 1.35 bits per heavy atom. The fourth-order valence-corrected chi connectivity index (χ4v) is 1.80. The highest BCUT2D eigenvalue weighted by Crippen LogP contribution is 2.23. The Labute approximate surface area is 116 Å². The second kappa shape index (κ2) is 5.24. The van der Waals surface area contributed by atoms with Crippen LogP contribution in [0.15, 0.2) is 30.5 Å². The lowest BCUT2D eigenvalue weighted by atomic mass is 10.1. The van der Waals surface area contributed by atoms with Crippen molar-refractivity contribution < 1.29 is 4.79 Å². The van der Waals surface area contributed by atoms with Crippen LogP contribution in [-0.4, -0.2) is 27.0 Å². The van der Waals surface area contributed by atoms with Gasteiger partial charge in [0.2, 0.25) is 5.95 Å². The Hall–Kier alpha value is -2.50. The maximum Gasteiger partial charge on any atom is 0.244 e. The monoisotopic (exact) mass is 269 g/mol. The number of nitrogens with zero attached hydrogens (tertiary/aromatic N) is 3. The lowest BCUT2D eigenvalue weighted by Gasteiger charge is -2.07. The van der Waals surface area contributed by atoms with E-state index in [4.69, 9.17) is 0 Å². The Balaban J connectivity index is 1.76. The van der Waals surface area contributed by atoms with Gasteiger partial charge in [-0.05, 0) is 31.9 Å². The summed E-state index contributed by atoms with van der Waals surface area (Å²) in [5.41, 5.74) is 1.46. The van der Waals surface area contributed by atoms with Crippen LogP contribution < -0.4 is 10.6 Å². The summed E-state index contributed by atoms with van der Waals surface area (Å²) in [4.78, 5) is 15.7. The van der Waals surface area contributed by atoms with Gasteiger partial charge in [0, 0.05) is 17.3 Å². The van der Waals surface area contributed by atoms with Gasteiger partial charge < -0.3 is 10.6 Å². The summed E-state index contributed by atoms with van der Waals surface area (Å²) in [5.74, 6) is 1.16. The SMILES string of the molecule is CC(=O)c1cccc(Nc2cnnc(NC3CC3)n2)c1. The molecule has 0 radical (unpaired) electrons. The van der Waals surface area contributed by atoms with Crippen LogP contribution >= 0.6 is 0 Å². The van der Waals surface area contributed by atoms with Crippen molar-refractivity contribution in [1.29, 1.82) is 0 Å². The van der Waals surface area contributed by atoms with E-state index in [1.807, 2.05) is 12.1 Å². The van der Waals surface area contributed by atoms with Gasteiger partial charge in [0.15, 0.2) is 11.6 Å². The third kappa shape index (κ3) is 3.09. The number of nitrogens with one attached hydrogen (secondary N) is 2. The molecule has 1 aromatic carbocycles. The first-order valence-corrected chi connectivity index (χ1v) is 6.55. The Morgan fingerprint density at radius 3 is 2.95 bits per heavy atom. The third-order valence-corrected chi connectivity index (χ3v) is 3.01. The normalized spacial score (nSPS) is 13.8. The summed E-state index contributed by atoms with van der Waals surface area (Å²) in [6.07, 6.45) is 3.86. The van der Waals surface area contributed by atoms with Crippen molar-refractivity contribution in [3.8, 4) is 0 Å². The summed E-state index contributed by atoms with van der Waals surface area (Å²) < 4.78 is 0. The van der Waals surface area contributed by atoms with Gasteiger partial charge >= 0.3 is 0 Å². The molecule has 6 nitrogen and oxygen atoms in total. The van der Waals surface area contributed by atoms with Gasteiger partial charge in [0.25, 0.3) is 0 Å². The van der Waals surface area contributed by atoms with Crippen molar-refractivity contribution in [3.63, 3.8) is 0 Å². The predicted octanol–water partition coefficient (Wildman–Crippen LogP) is 2.39. The Morgan fingerprint density at radius 2 is 2.20 bits per heavy atom. The van der Waals surface area contributed by atoms with E-state index in [0.717, 1.165) is 18.5 Å². The smallest absolute Gasteiger partial charge is 0.244 e. The van der Waals surface area contributed by atoms with Crippen LogP contribution in [0.25, 0.3) is 0 Å². The number of anilines is 3. The molecule has 1 aliphatic rings. The minimum Gasteiger partial charge on any atom is -0.350 e. The fourth-order valence-electron chi connectivity index (χ4n) is 1.80. The lowest BCUT2D eigenvalue weighted by Crippen LogP contribution is -2.07. The number of rotatable bonds is 5. The molecule has 0 spiro atoms. The van der Waals surface area contributed by atoms with E-state index in [1.165, 1.54) is 0 Å². The molecule has 1 aliphatic carbocycles. The third-order valence-electron chi connectivity index (χ3n) is 3.01. The Bertz CT molecular complexity index is 639. The molecule has 0 bridgehead atoms. The molecule has 0 unspecified atom stereocenters. The van der Waals surface area contributed by atoms with Crippen LogP contribution in [0.5, 0.6) is 0 Å². The van der Waals surface area contributed by atoms with Gasteiger partial charge in [-0.3, -0.25) is 4.79 Å². The summed E-state index contributed by atoms with van der Waals surface area (Å²) in [7, 11) is 0. The van der Waals surface area contributed by atoms with E-state index in [1.54, 1.807) is 25.3 Å². The van der Waals surface area contributed by atoms with Crippen LogP contribution in [0.3, 0.4) is 0 Å². The highest BCUT2D eigenvalue weighted by atomic mass is 16.1. The van der Waals surface area contributed by atoms with Crippen molar-refractivity contribution in [2.75, 3.05) is 10.6 Å². The maximum atomic E-state index is 11.4. The number of carbonyl (C=O) groups excluding carboxylic acids is 1. The summed E-state index contributed by atoms with van der Waals surface area (Å²) >= 11 is 0. The van der Waals surface area contributed by atoms with E-state index in [2.05, 4.69) is 25.8 Å². The zero-order valence-corrected chi connectivity index (χ0v) is 11.1. The van der Waals surface area contributed by atoms with Crippen molar-refractivity contribution >= 4 is 23.2 Å². The van der Waals surface area contributed by atoms with Crippen LogP contribution in [0, 0.1) is 0 Å². The van der Waals surface area contributed by atoms with Gasteiger partial charge in [-0.15, -0.1) is 5.10 Å². The van der Waals surface area contributed by atoms with Crippen LogP contribution in [0.1, 0.15) is 30.1 Å². The van der Waals surface area contributed by atoms with Crippen LogP contribution in [0.4, 0.5) is 17.5 Å². The molecule has 2 aromatic rings. The molecule has 1 saturated carbocycles. The molecule has 20 heavy (non-hydrogen) atoms. The minimum absolute atomic E-state index is 0.0329. The van der Waals surface area contributed by atoms with Crippen molar-refractivity contribution in [3.05, 3.63) is 36.0 Å². The topological polar surface area (TPSA) is 79.8 Å². The van der Waals surface area contributed by atoms with Crippen molar-refractivity contribution in [2.24, 2.45) is 0 Å². The molecule has 0 aliphatic heterocycles. The molecule has 3 rings (SSSR count). The summed E-state index contributed by atoms with van der Waals surface area (Å²) in [5, 5.41) is 14.2. The molecule has 2 N–H and O–H groups in total. The predicted molar refractivity (Wildman–Crippen MR) is 76.2 cm³/mol. The fraction of sp³-hybridized carbons (Fsp3) is 0.286. The van der Waals surface area contributed by atoms with E-state index in [9.17, 15) is 4.79 Å². The zero-order valence-electron chi connectivity index (χ0n) is 11.1. The Kier molecular flexibility index (Phi) is 3.28. The number of Topliss-reactive ketones (excluding diaryl/α,β-unsaturated/α-hetero) is 1. The van der Waals surface area contributed by atoms with Crippen molar-refractivity contribution in [1.82, 2.24) is 15.2 Å². The average Bonchev–Trinajstić information content (AvgIpc) is 3.23. The quantitative estimate of drug-likeness (QED) is 0.811. The largest absolute Gasteiger partial charge is 0.350 e. The second-order valence-electron chi connectivity index (χ2n) is 4.85. The molecular weight excluding hydrogens is 254 g/mol. The van der Waals surface area contributed by atoms with Gasteiger partial charge in [-0.1, -0.05) is 12.1 Å². The van der Waals surface area contributed by atoms with Gasteiger partial charge in [-0.25, -0.2) is 0 Å². The van der Waals surface area contributed by atoms with Crippen molar-refractivity contribution in [2.45, 2.75) is 25.8 Å². The summed E-state index contributed by atoms with van der Waals surface area (Å²) in [6, 6.07) is 7.76. The standard InChI is InChI=1S/C14H15N5O/c1-9(20)10-3-2-4-12(7-10)16-13-8-15-19-14(18-13)17-11-5-6-11/h2-4,7-8,11H,5-6H2,1H3,(H2,16,17,18,19). The van der Waals surface area contributed by atoms with E-state index in [0.29, 0.717) is 23.4 Å². The molecular formula is C14H15N5O. The molecule has 1 aromatic heterocycles. The molecule has 1 heterocycles. The molecule has 0 amide bonds. The van der Waals surface area contributed by atoms with E-state index < -0.39 is 0 Å². The van der Waals surface area contributed by atoms with Gasteiger partial charge in [0.1, 0.15) is 0 Å². The first kappa shape index (κ1) is 12.5. The first-order valence-electron chi connectivity index (χ1n) is 6.55. The second-order valence-corrected chi connectivity index (χ2v) is 4.85. The number of benzene rings is 1. The first-order chi connectivity index (χ1) is 9.70. The number of hydrogen-bond donors (Lipinski definition) is 2. The number of aromatic nitrogens is 3. The lowest BCUT2D eigenvalue weighted by molar-refractivity contribution is 0.101. The minimum atomic E-state index is 0.0329. The number of hydrogen-bond acceptors (Lipinski definition) is 6. The number of ketones is 1.